The molecule has 2 rings (SSSR count). The number of hydrogen-bond donors (Lipinski definition) is 1. The molecule has 2 nitrogen and oxygen atoms in total. The number of benzene rings is 1. The molecule has 0 aliphatic carbocycles. The molecule has 0 spiro atoms. The average molecular weight is 265 g/mol. The molecule has 0 amide bonds. The van der Waals surface area contributed by atoms with Crippen LogP contribution in [0.3, 0.4) is 0 Å². The van der Waals surface area contributed by atoms with Gasteiger partial charge in [0.2, 0.25) is 0 Å². The molecule has 1 heterocycles. The van der Waals surface area contributed by atoms with E-state index < -0.39 is 5.97 Å². The fourth-order valence-electron chi connectivity index (χ4n) is 1.41. The molecule has 1 aromatic carbocycles. The molecule has 17 heavy (non-hydrogen) atoms. The van der Waals surface area contributed by atoms with E-state index in [-0.39, 0.29) is 4.88 Å². The Labute approximate surface area is 108 Å². The molecule has 0 radical (unpaired) electrons. The molecule has 2 aromatic rings. The Morgan fingerprint density at radius 1 is 1.24 bits per heavy atom. The fraction of sp³-hybridized carbons (Fsp3) is 0. The van der Waals surface area contributed by atoms with Crippen molar-refractivity contribution in [2.75, 3.05) is 0 Å². The molecule has 86 valence electrons. The molecular formula is C13H9ClO2S. The van der Waals surface area contributed by atoms with E-state index in [0.717, 1.165) is 16.9 Å². The molecule has 0 saturated carbocycles. The SMILES string of the molecule is O=C(O)c1sc(Cl)cc1/C=C/c1ccccc1. The van der Waals surface area contributed by atoms with Crippen LogP contribution in [0.5, 0.6) is 0 Å². The van der Waals surface area contributed by atoms with Gasteiger partial charge in [0.1, 0.15) is 4.88 Å². The second-order valence-electron chi connectivity index (χ2n) is 3.38. The normalized spacial score (nSPS) is 10.9. The molecule has 1 aromatic heterocycles. The first-order chi connectivity index (χ1) is 8.16. The average Bonchev–Trinajstić information content (AvgIpc) is 2.69. The highest BCUT2D eigenvalue weighted by Gasteiger charge is 2.12. The van der Waals surface area contributed by atoms with E-state index in [0.29, 0.717) is 9.90 Å². The van der Waals surface area contributed by atoms with Crippen molar-refractivity contribution in [3.63, 3.8) is 0 Å². The van der Waals surface area contributed by atoms with Crippen LogP contribution in [0.1, 0.15) is 20.8 Å². The lowest BCUT2D eigenvalue weighted by Crippen LogP contribution is -1.93. The Bertz CT molecular complexity index is 558. The van der Waals surface area contributed by atoms with Crippen LogP contribution in [-0.2, 0) is 0 Å². The van der Waals surface area contributed by atoms with Crippen LogP contribution in [0, 0.1) is 0 Å². The van der Waals surface area contributed by atoms with E-state index >= 15 is 0 Å². The fourth-order valence-corrected chi connectivity index (χ4v) is 2.48. The molecule has 0 unspecified atom stereocenters. The van der Waals surface area contributed by atoms with Gasteiger partial charge in [-0.15, -0.1) is 11.3 Å². The zero-order valence-corrected chi connectivity index (χ0v) is 10.3. The third kappa shape index (κ3) is 2.96. The lowest BCUT2D eigenvalue weighted by Gasteiger charge is -1.93. The van der Waals surface area contributed by atoms with Crippen LogP contribution in [0.4, 0.5) is 0 Å². The lowest BCUT2D eigenvalue weighted by atomic mass is 10.1. The molecule has 1 N–H and O–H groups in total. The van der Waals surface area contributed by atoms with Crippen LogP contribution in [0.2, 0.25) is 4.34 Å². The Balaban J connectivity index is 2.30. The molecule has 0 fully saturated rings. The predicted molar refractivity (Wildman–Crippen MR) is 71.7 cm³/mol. The third-order valence-electron chi connectivity index (χ3n) is 2.18. The van der Waals surface area contributed by atoms with Gasteiger partial charge in [0.15, 0.2) is 0 Å². The summed E-state index contributed by atoms with van der Waals surface area (Å²) in [7, 11) is 0. The van der Waals surface area contributed by atoms with Crippen molar-refractivity contribution in [2.24, 2.45) is 0 Å². The summed E-state index contributed by atoms with van der Waals surface area (Å²) in [5, 5.41) is 8.99. The van der Waals surface area contributed by atoms with E-state index in [1.54, 1.807) is 12.1 Å². The van der Waals surface area contributed by atoms with Crippen molar-refractivity contribution in [2.45, 2.75) is 0 Å². The van der Waals surface area contributed by atoms with Crippen molar-refractivity contribution >= 4 is 41.1 Å². The van der Waals surface area contributed by atoms with Crippen molar-refractivity contribution in [1.82, 2.24) is 0 Å². The van der Waals surface area contributed by atoms with E-state index in [1.165, 1.54) is 0 Å². The number of aromatic carboxylic acids is 1. The highest BCUT2D eigenvalue weighted by atomic mass is 35.5. The Morgan fingerprint density at radius 3 is 2.59 bits per heavy atom. The highest BCUT2D eigenvalue weighted by Crippen LogP contribution is 2.28. The summed E-state index contributed by atoms with van der Waals surface area (Å²) in [6.45, 7) is 0. The molecule has 0 atom stereocenters. The highest BCUT2D eigenvalue weighted by molar-refractivity contribution is 7.18. The number of hydrogen-bond acceptors (Lipinski definition) is 2. The van der Waals surface area contributed by atoms with Crippen LogP contribution in [0.15, 0.2) is 36.4 Å². The Kier molecular flexibility index (Phi) is 3.61. The predicted octanol–water partition coefficient (Wildman–Crippen LogP) is 4.27. The monoisotopic (exact) mass is 264 g/mol. The van der Waals surface area contributed by atoms with E-state index in [1.807, 2.05) is 36.4 Å². The first-order valence-electron chi connectivity index (χ1n) is 4.92. The number of carbonyl (C=O) groups is 1. The molecule has 0 aliphatic rings. The van der Waals surface area contributed by atoms with Gasteiger partial charge < -0.3 is 5.11 Å². The number of carboxylic acids is 1. The summed E-state index contributed by atoms with van der Waals surface area (Å²) >= 11 is 6.88. The summed E-state index contributed by atoms with van der Waals surface area (Å²) in [6.07, 6.45) is 3.63. The van der Waals surface area contributed by atoms with Gasteiger partial charge in [-0.1, -0.05) is 54.1 Å². The van der Waals surface area contributed by atoms with Crippen LogP contribution in [-0.4, -0.2) is 11.1 Å². The maximum Gasteiger partial charge on any atom is 0.346 e. The van der Waals surface area contributed by atoms with Crippen molar-refractivity contribution in [3.05, 3.63) is 56.7 Å². The van der Waals surface area contributed by atoms with Crippen LogP contribution >= 0.6 is 22.9 Å². The van der Waals surface area contributed by atoms with Crippen molar-refractivity contribution in [1.29, 1.82) is 0 Å². The van der Waals surface area contributed by atoms with Gasteiger partial charge in [-0.05, 0) is 11.6 Å². The summed E-state index contributed by atoms with van der Waals surface area (Å²) < 4.78 is 0.482. The molecule has 4 heteroatoms. The minimum Gasteiger partial charge on any atom is -0.477 e. The Hall–Kier alpha value is -1.58. The quantitative estimate of drug-likeness (QED) is 0.899. The van der Waals surface area contributed by atoms with Gasteiger partial charge in [0.25, 0.3) is 0 Å². The zero-order valence-electron chi connectivity index (χ0n) is 8.76. The number of halogens is 1. The van der Waals surface area contributed by atoms with Crippen LogP contribution < -0.4 is 0 Å². The van der Waals surface area contributed by atoms with Gasteiger partial charge in [-0.3, -0.25) is 0 Å². The van der Waals surface area contributed by atoms with Gasteiger partial charge >= 0.3 is 5.97 Å². The molecule has 0 saturated heterocycles. The van der Waals surface area contributed by atoms with Gasteiger partial charge in [-0.2, -0.15) is 0 Å². The second kappa shape index (κ2) is 5.17. The maximum absolute atomic E-state index is 11.0. The summed E-state index contributed by atoms with van der Waals surface area (Å²) in [4.78, 5) is 11.2. The van der Waals surface area contributed by atoms with E-state index in [4.69, 9.17) is 16.7 Å². The van der Waals surface area contributed by atoms with E-state index in [9.17, 15) is 4.79 Å². The largest absolute Gasteiger partial charge is 0.477 e. The van der Waals surface area contributed by atoms with Gasteiger partial charge in [-0.25, -0.2) is 4.79 Å². The van der Waals surface area contributed by atoms with Crippen molar-refractivity contribution in [3.8, 4) is 0 Å². The zero-order chi connectivity index (χ0) is 12.3. The lowest BCUT2D eigenvalue weighted by molar-refractivity contribution is 0.0702. The first-order valence-corrected chi connectivity index (χ1v) is 6.12. The molecule has 0 bridgehead atoms. The number of thiophene rings is 1. The van der Waals surface area contributed by atoms with Crippen LogP contribution in [0.25, 0.3) is 12.2 Å². The molecule has 0 aliphatic heterocycles. The van der Waals surface area contributed by atoms with Crippen molar-refractivity contribution < 1.29 is 9.90 Å². The summed E-state index contributed by atoms with van der Waals surface area (Å²) in [5.41, 5.74) is 1.66. The van der Waals surface area contributed by atoms with Gasteiger partial charge in [0.05, 0.1) is 4.34 Å². The number of rotatable bonds is 3. The minimum absolute atomic E-state index is 0.266. The summed E-state index contributed by atoms with van der Waals surface area (Å²) in [5.74, 6) is -0.949. The summed E-state index contributed by atoms with van der Waals surface area (Å²) in [6, 6.07) is 11.4. The topological polar surface area (TPSA) is 37.3 Å². The smallest absolute Gasteiger partial charge is 0.346 e. The first kappa shape index (κ1) is 11.9. The van der Waals surface area contributed by atoms with Gasteiger partial charge in [0, 0.05) is 5.56 Å². The Morgan fingerprint density at radius 2 is 1.94 bits per heavy atom. The minimum atomic E-state index is -0.949. The molecular weight excluding hydrogens is 256 g/mol. The maximum atomic E-state index is 11.0. The van der Waals surface area contributed by atoms with E-state index in [2.05, 4.69) is 0 Å². The third-order valence-corrected chi connectivity index (χ3v) is 3.45. The second-order valence-corrected chi connectivity index (χ2v) is 5.07. The number of carboxylic acid groups (broad SMARTS) is 1. The standard InChI is InChI=1S/C13H9ClO2S/c14-11-8-10(12(17-11)13(15)16)7-6-9-4-2-1-3-5-9/h1-8H,(H,15,16)/b7-6+.